The summed E-state index contributed by atoms with van der Waals surface area (Å²) < 4.78 is 5.38. The van der Waals surface area contributed by atoms with Crippen LogP contribution in [0.25, 0.3) is 0 Å². The molecule has 0 saturated carbocycles. The molecule has 1 fully saturated rings. The molecule has 1 aliphatic heterocycles. The molecule has 0 bridgehead atoms. The Hall–Kier alpha value is -1.01. The fourth-order valence-electron chi connectivity index (χ4n) is 2.09. The van der Waals surface area contributed by atoms with Crippen molar-refractivity contribution in [3.8, 4) is 0 Å². The van der Waals surface area contributed by atoms with E-state index in [-0.39, 0.29) is 0 Å². The summed E-state index contributed by atoms with van der Waals surface area (Å²) in [6, 6.07) is 1.97. The minimum atomic E-state index is 0.697. The van der Waals surface area contributed by atoms with Gasteiger partial charge in [-0.05, 0) is 31.9 Å². The average molecular weight is 282 g/mol. The zero-order chi connectivity index (χ0) is 13.5. The van der Waals surface area contributed by atoms with E-state index in [0.717, 1.165) is 49.5 Å². The van der Waals surface area contributed by atoms with Gasteiger partial charge in [-0.3, -0.25) is 0 Å². The van der Waals surface area contributed by atoms with Gasteiger partial charge in [0.05, 0.1) is 0 Å². The van der Waals surface area contributed by atoms with Crippen LogP contribution in [0.3, 0.4) is 0 Å². The molecule has 1 saturated heterocycles. The van der Waals surface area contributed by atoms with Gasteiger partial charge in [-0.15, -0.1) is 0 Å². The van der Waals surface area contributed by atoms with Crippen molar-refractivity contribution in [3.05, 3.63) is 6.07 Å². The first-order valence-corrected chi connectivity index (χ1v) is 8.03. The highest BCUT2D eigenvalue weighted by molar-refractivity contribution is 7.98. The van der Waals surface area contributed by atoms with Gasteiger partial charge in [-0.1, -0.05) is 11.8 Å². The van der Waals surface area contributed by atoms with E-state index in [1.165, 1.54) is 6.42 Å². The van der Waals surface area contributed by atoms with E-state index in [1.807, 2.05) is 12.3 Å². The second-order valence-electron chi connectivity index (χ2n) is 4.60. The van der Waals surface area contributed by atoms with Crippen LogP contribution in [0.4, 0.5) is 11.6 Å². The number of hydrogen-bond acceptors (Lipinski definition) is 6. The number of anilines is 2. The van der Waals surface area contributed by atoms with Gasteiger partial charge >= 0.3 is 0 Å². The van der Waals surface area contributed by atoms with Crippen molar-refractivity contribution in [2.24, 2.45) is 5.92 Å². The standard InChI is InChI=1S/C13H22N4OS/c1-3-14-11-8-12(17-13(16-11)19-2)15-6-4-10-5-7-18-9-10/h8,10H,3-7,9H2,1-2H3,(H2,14,15,16,17). The van der Waals surface area contributed by atoms with Gasteiger partial charge < -0.3 is 15.4 Å². The smallest absolute Gasteiger partial charge is 0.191 e. The number of ether oxygens (including phenoxy) is 1. The summed E-state index contributed by atoms with van der Waals surface area (Å²) in [4.78, 5) is 8.88. The molecule has 5 nitrogen and oxygen atoms in total. The molecule has 0 spiro atoms. The zero-order valence-corrected chi connectivity index (χ0v) is 12.4. The van der Waals surface area contributed by atoms with E-state index in [1.54, 1.807) is 11.8 Å². The van der Waals surface area contributed by atoms with Gasteiger partial charge in [0.15, 0.2) is 5.16 Å². The fraction of sp³-hybridized carbons (Fsp3) is 0.692. The highest BCUT2D eigenvalue weighted by Gasteiger charge is 2.14. The largest absolute Gasteiger partial charge is 0.381 e. The van der Waals surface area contributed by atoms with Crippen molar-refractivity contribution >= 4 is 23.4 Å². The Bertz CT molecular complexity index is 396. The monoisotopic (exact) mass is 282 g/mol. The third kappa shape index (κ3) is 4.54. The second-order valence-corrected chi connectivity index (χ2v) is 5.37. The first-order chi connectivity index (χ1) is 9.31. The number of hydrogen-bond donors (Lipinski definition) is 2. The lowest BCUT2D eigenvalue weighted by Gasteiger charge is -2.11. The Kier molecular flexibility index (Phi) is 5.72. The maximum Gasteiger partial charge on any atom is 0.191 e. The molecule has 2 heterocycles. The molecular weight excluding hydrogens is 260 g/mol. The van der Waals surface area contributed by atoms with Crippen LogP contribution in [0, 0.1) is 5.92 Å². The molecule has 0 radical (unpaired) electrons. The van der Waals surface area contributed by atoms with E-state index in [9.17, 15) is 0 Å². The maximum absolute atomic E-state index is 5.38. The molecule has 1 aromatic heterocycles. The van der Waals surface area contributed by atoms with E-state index in [2.05, 4.69) is 27.5 Å². The highest BCUT2D eigenvalue weighted by Crippen LogP contribution is 2.19. The van der Waals surface area contributed by atoms with Crippen molar-refractivity contribution < 1.29 is 4.74 Å². The predicted octanol–water partition coefficient (Wildman–Crippen LogP) is 2.47. The molecule has 1 atom stereocenters. The van der Waals surface area contributed by atoms with Crippen LogP contribution in [0.1, 0.15) is 19.8 Å². The molecule has 0 amide bonds. The molecule has 1 aromatic rings. The molecule has 6 heteroatoms. The Morgan fingerprint density at radius 1 is 1.37 bits per heavy atom. The van der Waals surface area contributed by atoms with Gasteiger partial charge in [0.25, 0.3) is 0 Å². The molecule has 2 N–H and O–H groups in total. The third-order valence-electron chi connectivity index (χ3n) is 3.13. The lowest BCUT2D eigenvalue weighted by atomic mass is 10.1. The Labute approximate surface area is 118 Å². The summed E-state index contributed by atoms with van der Waals surface area (Å²) in [7, 11) is 0. The quantitative estimate of drug-likeness (QED) is 0.592. The summed E-state index contributed by atoms with van der Waals surface area (Å²) in [5.41, 5.74) is 0. The van der Waals surface area contributed by atoms with Crippen molar-refractivity contribution in [1.29, 1.82) is 0 Å². The summed E-state index contributed by atoms with van der Waals surface area (Å²) in [5.74, 6) is 2.48. The molecule has 1 unspecified atom stereocenters. The summed E-state index contributed by atoms with van der Waals surface area (Å²) >= 11 is 1.56. The first-order valence-electron chi connectivity index (χ1n) is 6.80. The molecule has 19 heavy (non-hydrogen) atoms. The van der Waals surface area contributed by atoms with Crippen LogP contribution in [0.5, 0.6) is 0 Å². The molecule has 1 aliphatic rings. The Morgan fingerprint density at radius 3 is 2.79 bits per heavy atom. The van der Waals surface area contributed by atoms with Gasteiger partial charge in [0.2, 0.25) is 0 Å². The minimum absolute atomic E-state index is 0.697. The maximum atomic E-state index is 5.38. The van der Waals surface area contributed by atoms with Gasteiger partial charge in [0, 0.05) is 32.4 Å². The van der Waals surface area contributed by atoms with Crippen LogP contribution in [-0.4, -0.2) is 42.5 Å². The molecule has 2 rings (SSSR count). The normalized spacial score (nSPS) is 18.5. The highest BCUT2D eigenvalue weighted by atomic mass is 32.2. The third-order valence-corrected chi connectivity index (χ3v) is 3.68. The Balaban J connectivity index is 1.88. The first kappa shape index (κ1) is 14.4. The lowest BCUT2D eigenvalue weighted by molar-refractivity contribution is 0.185. The molecular formula is C13H22N4OS. The summed E-state index contributed by atoms with van der Waals surface area (Å²) in [6.45, 7) is 5.69. The van der Waals surface area contributed by atoms with E-state index in [0.29, 0.717) is 5.92 Å². The summed E-state index contributed by atoms with van der Waals surface area (Å²) in [6.07, 6.45) is 4.31. The number of aromatic nitrogens is 2. The van der Waals surface area contributed by atoms with Gasteiger partial charge in [-0.2, -0.15) is 0 Å². The van der Waals surface area contributed by atoms with E-state index >= 15 is 0 Å². The molecule has 0 aromatic carbocycles. The lowest BCUT2D eigenvalue weighted by Crippen LogP contribution is -2.11. The summed E-state index contributed by atoms with van der Waals surface area (Å²) in [5, 5.41) is 7.41. The van der Waals surface area contributed by atoms with Crippen LogP contribution < -0.4 is 10.6 Å². The van der Waals surface area contributed by atoms with Crippen molar-refractivity contribution in [3.63, 3.8) is 0 Å². The number of nitrogens with zero attached hydrogens (tertiary/aromatic N) is 2. The van der Waals surface area contributed by atoms with Crippen molar-refractivity contribution in [2.45, 2.75) is 24.9 Å². The average Bonchev–Trinajstić information content (AvgIpc) is 2.92. The van der Waals surface area contributed by atoms with E-state index in [4.69, 9.17) is 4.74 Å². The van der Waals surface area contributed by atoms with Gasteiger partial charge in [0.1, 0.15) is 11.6 Å². The van der Waals surface area contributed by atoms with E-state index < -0.39 is 0 Å². The van der Waals surface area contributed by atoms with Crippen molar-refractivity contribution in [1.82, 2.24) is 9.97 Å². The second kappa shape index (κ2) is 7.55. The fourth-order valence-corrected chi connectivity index (χ4v) is 2.47. The zero-order valence-electron chi connectivity index (χ0n) is 11.6. The number of nitrogens with one attached hydrogen (secondary N) is 2. The molecule has 106 valence electrons. The van der Waals surface area contributed by atoms with Crippen LogP contribution in [0.2, 0.25) is 0 Å². The topological polar surface area (TPSA) is 59.1 Å². The SMILES string of the molecule is CCNc1cc(NCCC2CCOC2)nc(SC)n1. The van der Waals surface area contributed by atoms with Crippen LogP contribution >= 0.6 is 11.8 Å². The van der Waals surface area contributed by atoms with Gasteiger partial charge in [-0.25, -0.2) is 9.97 Å². The van der Waals surface area contributed by atoms with Crippen molar-refractivity contribution in [2.75, 3.05) is 43.2 Å². The van der Waals surface area contributed by atoms with Crippen LogP contribution in [0.15, 0.2) is 11.2 Å². The predicted molar refractivity (Wildman–Crippen MR) is 80.0 cm³/mol. The number of rotatable bonds is 7. The molecule has 0 aliphatic carbocycles. The van der Waals surface area contributed by atoms with Crippen LogP contribution in [-0.2, 0) is 4.74 Å². The minimum Gasteiger partial charge on any atom is -0.381 e. The number of thioether (sulfide) groups is 1. The Morgan fingerprint density at radius 2 is 2.16 bits per heavy atom.